The van der Waals surface area contributed by atoms with E-state index in [-0.39, 0.29) is 12.1 Å². The predicted octanol–water partition coefficient (Wildman–Crippen LogP) is 4.91. The number of amides is 2. The van der Waals surface area contributed by atoms with Gasteiger partial charge in [0.05, 0.1) is 0 Å². The summed E-state index contributed by atoms with van der Waals surface area (Å²) in [4.78, 5) is 16.2. The largest absolute Gasteiger partial charge is 0.334 e. The van der Waals surface area contributed by atoms with E-state index in [1.54, 1.807) is 18.3 Å². The van der Waals surface area contributed by atoms with Crippen LogP contribution in [0.4, 0.5) is 10.5 Å². The molecule has 1 heterocycles. The lowest BCUT2D eigenvalue weighted by Gasteiger charge is -2.15. The fourth-order valence-electron chi connectivity index (χ4n) is 2.71. The topological polar surface area (TPSA) is 66.0 Å². The Kier molecular flexibility index (Phi) is 7.00. The summed E-state index contributed by atoms with van der Waals surface area (Å²) in [5, 5.41) is 9.82. The van der Waals surface area contributed by atoms with Crippen LogP contribution in [0.15, 0.2) is 73.1 Å². The van der Waals surface area contributed by atoms with Gasteiger partial charge in [0.15, 0.2) is 0 Å². The Morgan fingerprint density at radius 2 is 1.75 bits per heavy atom. The van der Waals surface area contributed by atoms with Crippen LogP contribution in [0.25, 0.3) is 0 Å². The van der Waals surface area contributed by atoms with Crippen molar-refractivity contribution in [2.75, 3.05) is 5.32 Å². The molecule has 1 aromatic heterocycles. The van der Waals surface area contributed by atoms with Crippen molar-refractivity contribution in [2.45, 2.75) is 26.1 Å². The van der Waals surface area contributed by atoms with E-state index >= 15 is 0 Å². The molecule has 0 saturated heterocycles. The van der Waals surface area contributed by atoms with Crippen molar-refractivity contribution < 1.29 is 4.79 Å². The van der Waals surface area contributed by atoms with Gasteiger partial charge in [-0.05, 0) is 53.9 Å². The summed E-state index contributed by atoms with van der Waals surface area (Å²) < 4.78 is 0. The normalized spacial score (nSPS) is 11.6. The van der Waals surface area contributed by atoms with Crippen molar-refractivity contribution >= 4 is 23.3 Å². The SMILES string of the molecule is C[C@H](NCc1cccnc1)c1ccc(NC(=O)NCc2ccc(Cl)cc2)cc1. The molecule has 28 heavy (non-hydrogen) atoms. The smallest absolute Gasteiger partial charge is 0.319 e. The van der Waals surface area contributed by atoms with Gasteiger partial charge in [0, 0.05) is 42.2 Å². The fourth-order valence-corrected chi connectivity index (χ4v) is 2.83. The first-order chi connectivity index (χ1) is 13.6. The average Bonchev–Trinajstić information content (AvgIpc) is 2.73. The summed E-state index contributed by atoms with van der Waals surface area (Å²) in [5.74, 6) is 0. The first kappa shape index (κ1) is 19.9. The molecule has 6 heteroatoms. The minimum absolute atomic E-state index is 0.188. The summed E-state index contributed by atoms with van der Waals surface area (Å²) in [6.07, 6.45) is 3.62. The Bertz CT molecular complexity index is 883. The lowest BCUT2D eigenvalue weighted by molar-refractivity contribution is 0.251. The number of aromatic nitrogens is 1. The van der Waals surface area contributed by atoms with Crippen LogP contribution < -0.4 is 16.0 Å². The number of rotatable bonds is 7. The van der Waals surface area contributed by atoms with E-state index in [2.05, 4.69) is 27.9 Å². The summed E-state index contributed by atoms with van der Waals surface area (Å²) >= 11 is 5.86. The van der Waals surface area contributed by atoms with Crippen LogP contribution >= 0.6 is 11.6 Å². The number of urea groups is 1. The van der Waals surface area contributed by atoms with Crippen molar-refractivity contribution in [3.63, 3.8) is 0 Å². The number of halogens is 1. The Hall–Kier alpha value is -2.89. The molecule has 0 aliphatic heterocycles. The van der Waals surface area contributed by atoms with Crippen molar-refractivity contribution in [3.05, 3.63) is 94.8 Å². The van der Waals surface area contributed by atoms with Crippen LogP contribution in [0.3, 0.4) is 0 Å². The van der Waals surface area contributed by atoms with Crippen LogP contribution in [0.2, 0.25) is 5.02 Å². The maximum atomic E-state index is 12.1. The second-order valence-electron chi connectivity index (χ2n) is 6.52. The van der Waals surface area contributed by atoms with Crippen LogP contribution in [-0.4, -0.2) is 11.0 Å². The molecule has 0 aliphatic carbocycles. The van der Waals surface area contributed by atoms with Gasteiger partial charge in [0.1, 0.15) is 0 Å². The number of benzene rings is 2. The lowest BCUT2D eigenvalue weighted by atomic mass is 10.1. The second kappa shape index (κ2) is 9.88. The molecule has 0 bridgehead atoms. The Balaban J connectivity index is 1.46. The highest BCUT2D eigenvalue weighted by atomic mass is 35.5. The summed E-state index contributed by atoms with van der Waals surface area (Å²) in [5.41, 5.74) is 4.03. The molecule has 3 N–H and O–H groups in total. The van der Waals surface area contributed by atoms with Crippen molar-refractivity contribution in [1.82, 2.24) is 15.6 Å². The average molecular weight is 395 g/mol. The van der Waals surface area contributed by atoms with Gasteiger partial charge in [0.25, 0.3) is 0 Å². The van der Waals surface area contributed by atoms with Gasteiger partial charge in [-0.15, -0.1) is 0 Å². The van der Waals surface area contributed by atoms with E-state index in [1.165, 1.54) is 0 Å². The highest BCUT2D eigenvalue weighted by molar-refractivity contribution is 6.30. The summed E-state index contributed by atoms with van der Waals surface area (Å²) in [6, 6.07) is 19.1. The maximum Gasteiger partial charge on any atom is 0.319 e. The third-order valence-corrected chi connectivity index (χ3v) is 4.62. The zero-order valence-corrected chi connectivity index (χ0v) is 16.4. The molecule has 2 amide bonds. The number of nitrogens with one attached hydrogen (secondary N) is 3. The van der Waals surface area contributed by atoms with Gasteiger partial charge in [-0.2, -0.15) is 0 Å². The van der Waals surface area contributed by atoms with Gasteiger partial charge < -0.3 is 16.0 Å². The molecule has 0 unspecified atom stereocenters. The number of carbonyl (C=O) groups is 1. The highest BCUT2D eigenvalue weighted by Crippen LogP contribution is 2.17. The minimum atomic E-state index is -0.245. The molecule has 0 aliphatic rings. The molecule has 3 aromatic rings. The number of carbonyl (C=O) groups excluding carboxylic acids is 1. The molecular formula is C22H23ClN4O. The molecule has 1 atom stereocenters. The zero-order valence-electron chi connectivity index (χ0n) is 15.7. The molecule has 2 aromatic carbocycles. The Morgan fingerprint density at radius 3 is 2.43 bits per heavy atom. The van der Waals surface area contributed by atoms with E-state index in [0.717, 1.165) is 28.9 Å². The van der Waals surface area contributed by atoms with Crippen LogP contribution in [-0.2, 0) is 13.1 Å². The third-order valence-electron chi connectivity index (χ3n) is 4.37. The van der Waals surface area contributed by atoms with Gasteiger partial charge >= 0.3 is 6.03 Å². The second-order valence-corrected chi connectivity index (χ2v) is 6.96. The monoisotopic (exact) mass is 394 g/mol. The predicted molar refractivity (Wildman–Crippen MR) is 113 cm³/mol. The number of hydrogen-bond acceptors (Lipinski definition) is 3. The Morgan fingerprint density at radius 1 is 1.00 bits per heavy atom. The third kappa shape index (κ3) is 6.08. The fraction of sp³-hybridized carbons (Fsp3) is 0.182. The molecule has 0 saturated carbocycles. The highest BCUT2D eigenvalue weighted by Gasteiger charge is 2.06. The zero-order chi connectivity index (χ0) is 19.8. The molecule has 0 spiro atoms. The van der Waals surface area contributed by atoms with E-state index in [4.69, 9.17) is 11.6 Å². The van der Waals surface area contributed by atoms with Crippen LogP contribution in [0, 0.1) is 0 Å². The summed E-state index contributed by atoms with van der Waals surface area (Å²) in [7, 11) is 0. The first-order valence-corrected chi connectivity index (χ1v) is 9.49. The van der Waals surface area contributed by atoms with Crippen molar-refractivity contribution in [1.29, 1.82) is 0 Å². The molecule has 144 valence electrons. The number of hydrogen-bond donors (Lipinski definition) is 3. The van der Waals surface area contributed by atoms with Crippen LogP contribution in [0.1, 0.15) is 29.7 Å². The quantitative estimate of drug-likeness (QED) is 0.533. The van der Waals surface area contributed by atoms with E-state index in [0.29, 0.717) is 11.6 Å². The van der Waals surface area contributed by atoms with Gasteiger partial charge in [0.2, 0.25) is 0 Å². The molecule has 0 radical (unpaired) electrons. The molecular weight excluding hydrogens is 372 g/mol. The van der Waals surface area contributed by atoms with Crippen LogP contribution in [0.5, 0.6) is 0 Å². The summed E-state index contributed by atoms with van der Waals surface area (Å²) in [6.45, 7) is 3.30. The van der Waals surface area contributed by atoms with E-state index < -0.39 is 0 Å². The lowest BCUT2D eigenvalue weighted by Crippen LogP contribution is -2.28. The number of anilines is 1. The maximum absolute atomic E-state index is 12.1. The first-order valence-electron chi connectivity index (χ1n) is 9.12. The standard InChI is InChI=1S/C22H23ClN4O/c1-16(25-15-18-3-2-12-24-13-18)19-6-10-21(11-7-19)27-22(28)26-14-17-4-8-20(23)9-5-17/h2-13,16,25H,14-15H2,1H3,(H2,26,27,28)/t16-/m0/s1. The van der Waals surface area contributed by atoms with Gasteiger partial charge in [-0.25, -0.2) is 4.79 Å². The number of pyridine rings is 1. The molecule has 5 nitrogen and oxygen atoms in total. The van der Waals surface area contributed by atoms with Crippen molar-refractivity contribution in [3.8, 4) is 0 Å². The molecule has 0 fully saturated rings. The van der Waals surface area contributed by atoms with Gasteiger partial charge in [-0.3, -0.25) is 4.98 Å². The number of nitrogens with zero attached hydrogens (tertiary/aromatic N) is 1. The van der Waals surface area contributed by atoms with E-state index in [9.17, 15) is 4.79 Å². The van der Waals surface area contributed by atoms with E-state index in [1.807, 2.05) is 54.7 Å². The molecule has 3 rings (SSSR count). The minimum Gasteiger partial charge on any atom is -0.334 e. The Labute approximate surface area is 170 Å². The van der Waals surface area contributed by atoms with Gasteiger partial charge in [-0.1, -0.05) is 41.9 Å². The van der Waals surface area contributed by atoms with Crippen molar-refractivity contribution in [2.24, 2.45) is 0 Å².